The molecule has 0 aliphatic rings. The fourth-order valence-corrected chi connectivity index (χ4v) is 3.52. The van der Waals surface area contributed by atoms with Gasteiger partial charge in [0.1, 0.15) is 11.4 Å². The highest BCUT2D eigenvalue weighted by atomic mass is 16.3. The molecule has 3 aromatic carbocycles. The van der Waals surface area contributed by atoms with Crippen molar-refractivity contribution in [2.45, 2.75) is 13.1 Å². The normalized spacial score (nSPS) is 10.4. The van der Waals surface area contributed by atoms with E-state index < -0.39 is 0 Å². The average molecular weight is 406 g/mol. The maximum atomic E-state index is 13.0. The fourth-order valence-electron chi connectivity index (χ4n) is 3.52. The Morgan fingerprint density at radius 3 is 2.39 bits per heavy atom. The summed E-state index contributed by atoms with van der Waals surface area (Å²) in [5.74, 6) is -0.181. The fraction of sp³-hybridized carbons (Fsp3) is 0.0800. The molecule has 4 rings (SSSR count). The van der Waals surface area contributed by atoms with Crippen LogP contribution in [0, 0.1) is 22.7 Å². The number of phenolic OH excluding ortho intramolecular Hbond substituents is 1. The topological polar surface area (TPSA) is 102 Å². The first-order chi connectivity index (χ1) is 15.1. The number of nitrogens with zero attached hydrogens (tertiary/aromatic N) is 3. The van der Waals surface area contributed by atoms with Crippen LogP contribution in [0.4, 0.5) is 0 Å². The molecule has 1 aromatic heterocycles. The van der Waals surface area contributed by atoms with Gasteiger partial charge >= 0.3 is 0 Å². The molecule has 4 aromatic rings. The first kappa shape index (κ1) is 19.8. The Labute approximate surface area is 179 Å². The van der Waals surface area contributed by atoms with Gasteiger partial charge in [-0.25, -0.2) is 0 Å². The molecule has 0 aliphatic carbocycles. The molecule has 1 amide bonds. The molecule has 0 saturated carbocycles. The van der Waals surface area contributed by atoms with Gasteiger partial charge < -0.3 is 15.0 Å². The molecule has 6 nitrogen and oxygen atoms in total. The molecular formula is C25H18N4O2. The molecule has 2 N–H and O–H groups in total. The van der Waals surface area contributed by atoms with Gasteiger partial charge in [-0.2, -0.15) is 10.5 Å². The number of aromatic nitrogens is 1. The molecule has 0 saturated heterocycles. The van der Waals surface area contributed by atoms with Crippen LogP contribution < -0.4 is 5.32 Å². The summed E-state index contributed by atoms with van der Waals surface area (Å²) in [6.07, 6.45) is 0. The molecule has 31 heavy (non-hydrogen) atoms. The van der Waals surface area contributed by atoms with Crippen LogP contribution >= 0.6 is 0 Å². The van der Waals surface area contributed by atoms with Crippen LogP contribution in [0.2, 0.25) is 0 Å². The van der Waals surface area contributed by atoms with Gasteiger partial charge in [-0.15, -0.1) is 0 Å². The number of amides is 1. The molecule has 0 unspecified atom stereocenters. The Morgan fingerprint density at radius 1 is 0.903 bits per heavy atom. The summed E-state index contributed by atoms with van der Waals surface area (Å²) >= 11 is 0. The van der Waals surface area contributed by atoms with Crippen LogP contribution in [-0.4, -0.2) is 15.6 Å². The maximum Gasteiger partial charge on any atom is 0.268 e. The van der Waals surface area contributed by atoms with Crippen molar-refractivity contribution >= 4 is 16.8 Å². The summed E-state index contributed by atoms with van der Waals surface area (Å²) < 4.78 is 1.83. The number of rotatable bonds is 5. The monoisotopic (exact) mass is 406 g/mol. The maximum absolute atomic E-state index is 13.0. The van der Waals surface area contributed by atoms with Crippen molar-refractivity contribution in [3.8, 4) is 17.9 Å². The third-order valence-electron chi connectivity index (χ3n) is 5.09. The van der Waals surface area contributed by atoms with E-state index in [0.29, 0.717) is 35.3 Å². The van der Waals surface area contributed by atoms with E-state index in [2.05, 4.69) is 17.5 Å². The molecule has 1 heterocycles. The highest BCUT2D eigenvalue weighted by molar-refractivity contribution is 6.00. The Bertz CT molecular complexity index is 1360. The van der Waals surface area contributed by atoms with E-state index in [0.717, 1.165) is 16.6 Å². The number of nitriles is 2. The number of aromatic hydroxyl groups is 1. The summed E-state index contributed by atoms with van der Waals surface area (Å²) in [7, 11) is 0. The molecule has 0 radical (unpaired) electrons. The molecule has 0 spiro atoms. The number of hydrogen-bond donors (Lipinski definition) is 2. The van der Waals surface area contributed by atoms with Gasteiger partial charge in [-0.1, -0.05) is 30.3 Å². The quantitative estimate of drug-likeness (QED) is 0.522. The van der Waals surface area contributed by atoms with Crippen LogP contribution in [0.1, 0.15) is 32.7 Å². The first-order valence-corrected chi connectivity index (χ1v) is 9.66. The second-order valence-corrected chi connectivity index (χ2v) is 7.13. The van der Waals surface area contributed by atoms with E-state index in [9.17, 15) is 15.2 Å². The van der Waals surface area contributed by atoms with Gasteiger partial charge in [0.25, 0.3) is 5.91 Å². The second-order valence-electron chi connectivity index (χ2n) is 7.13. The molecule has 0 aliphatic heterocycles. The standard InChI is InChI=1S/C25H18N4O2/c26-13-17-7-9-18(10-8-17)15-28-25(31)23-12-21-22(5-2-6-24(21)30)29(23)16-20-4-1-3-19(11-20)14-27/h1-12,30H,15-16H2,(H,28,31). The van der Waals surface area contributed by atoms with Gasteiger partial charge in [0.05, 0.1) is 28.8 Å². The Kier molecular flexibility index (Phi) is 5.38. The Hall–Kier alpha value is -4.55. The molecular weight excluding hydrogens is 388 g/mol. The predicted molar refractivity (Wildman–Crippen MR) is 116 cm³/mol. The summed E-state index contributed by atoms with van der Waals surface area (Å²) in [5.41, 5.74) is 3.99. The minimum Gasteiger partial charge on any atom is -0.507 e. The van der Waals surface area contributed by atoms with E-state index in [1.54, 1.807) is 54.6 Å². The highest BCUT2D eigenvalue weighted by Gasteiger charge is 2.17. The predicted octanol–water partition coefficient (Wildman–Crippen LogP) is 4.07. The van der Waals surface area contributed by atoms with Gasteiger partial charge in [0, 0.05) is 18.5 Å². The minimum atomic E-state index is -0.281. The molecule has 0 atom stereocenters. The zero-order chi connectivity index (χ0) is 21.8. The average Bonchev–Trinajstić information content (AvgIpc) is 3.17. The highest BCUT2D eigenvalue weighted by Crippen LogP contribution is 2.29. The van der Waals surface area contributed by atoms with Crippen molar-refractivity contribution in [1.82, 2.24) is 9.88 Å². The number of carbonyl (C=O) groups is 1. The smallest absolute Gasteiger partial charge is 0.268 e. The van der Waals surface area contributed by atoms with Crippen molar-refractivity contribution in [3.63, 3.8) is 0 Å². The van der Waals surface area contributed by atoms with Crippen molar-refractivity contribution < 1.29 is 9.90 Å². The van der Waals surface area contributed by atoms with E-state index in [-0.39, 0.29) is 11.7 Å². The minimum absolute atomic E-state index is 0.100. The van der Waals surface area contributed by atoms with Crippen LogP contribution in [0.5, 0.6) is 5.75 Å². The summed E-state index contributed by atoms with van der Waals surface area (Å²) in [6, 6.07) is 25.3. The molecule has 0 bridgehead atoms. The summed E-state index contributed by atoms with van der Waals surface area (Å²) in [6.45, 7) is 0.685. The lowest BCUT2D eigenvalue weighted by atomic mass is 10.1. The van der Waals surface area contributed by atoms with E-state index in [1.807, 2.05) is 22.8 Å². The zero-order valence-electron chi connectivity index (χ0n) is 16.5. The lowest BCUT2D eigenvalue weighted by Gasteiger charge is -2.12. The number of fused-ring (bicyclic) bond motifs is 1. The lowest BCUT2D eigenvalue weighted by molar-refractivity contribution is 0.0942. The van der Waals surface area contributed by atoms with Gasteiger partial charge in [-0.3, -0.25) is 4.79 Å². The SMILES string of the molecule is N#Cc1ccc(CNC(=O)c2cc3c(O)cccc3n2Cc2cccc(C#N)c2)cc1. The molecule has 150 valence electrons. The van der Waals surface area contributed by atoms with E-state index >= 15 is 0 Å². The van der Waals surface area contributed by atoms with E-state index in [1.165, 1.54) is 0 Å². The first-order valence-electron chi connectivity index (χ1n) is 9.66. The molecule has 6 heteroatoms. The van der Waals surface area contributed by atoms with Crippen molar-refractivity contribution in [2.75, 3.05) is 0 Å². The number of benzene rings is 3. The number of carbonyl (C=O) groups excluding carboxylic acids is 1. The van der Waals surface area contributed by atoms with Gasteiger partial charge in [-0.05, 0) is 53.6 Å². The Balaban J connectivity index is 1.66. The zero-order valence-corrected chi connectivity index (χ0v) is 16.5. The number of phenols is 1. The van der Waals surface area contributed by atoms with Crippen molar-refractivity contribution in [3.05, 3.63) is 101 Å². The third-order valence-corrected chi connectivity index (χ3v) is 5.09. The van der Waals surface area contributed by atoms with Crippen LogP contribution in [0.15, 0.2) is 72.8 Å². The largest absolute Gasteiger partial charge is 0.507 e. The second kappa shape index (κ2) is 8.44. The molecule has 0 fully saturated rings. The summed E-state index contributed by atoms with van der Waals surface area (Å²) in [4.78, 5) is 13.0. The van der Waals surface area contributed by atoms with Crippen LogP contribution in [0.3, 0.4) is 0 Å². The van der Waals surface area contributed by atoms with Crippen molar-refractivity contribution in [1.29, 1.82) is 10.5 Å². The van der Waals surface area contributed by atoms with Crippen LogP contribution in [-0.2, 0) is 13.1 Å². The van der Waals surface area contributed by atoms with Crippen LogP contribution in [0.25, 0.3) is 10.9 Å². The lowest BCUT2D eigenvalue weighted by Crippen LogP contribution is -2.25. The van der Waals surface area contributed by atoms with Crippen molar-refractivity contribution in [2.24, 2.45) is 0 Å². The number of hydrogen-bond acceptors (Lipinski definition) is 4. The summed E-state index contributed by atoms with van der Waals surface area (Å²) in [5, 5.41) is 31.9. The Morgan fingerprint density at radius 2 is 1.65 bits per heavy atom. The van der Waals surface area contributed by atoms with Gasteiger partial charge in [0.15, 0.2) is 0 Å². The van der Waals surface area contributed by atoms with Gasteiger partial charge in [0.2, 0.25) is 0 Å². The third kappa shape index (κ3) is 4.10. The van der Waals surface area contributed by atoms with E-state index in [4.69, 9.17) is 5.26 Å². The number of nitrogens with one attached hydrogen (secondary N) is 1.